The van der Waals surface area contributed by atoms with Gasteiger partial charge < -0.3 is 9.15 Å². The molecule has 0 fully saturated rings. The molecular formula is C16H12N4O2S. The first kappa shape index (κ1) is 13.7. The largest absolute Gasteiger partial charge is 0.496 e. The lowest BCUT2D eigenvalue weighted by molar-refractivity contribution is 0.414. The van der Waals surface area contributed by atoms with E-state index in [0.29, 0.717) is 22.3 Å². The molecule has 2 heterocycles. The Hall–Kier alpha value is -2.93. The van der Waals surface area contributed by atoms with Gasteiger partial charge in [0.25, 0.3) is 5.89 Å². The highest BCUT2D eigenvalue weighted by molar-refractivity contribution is 7.03. The summed E-state index contributed by atoms with van der Waals surface area (Å²) < 4.78 is 12.7. The molecule has 0 spiro atoms. The number of para-hydroxylation sites is 2. The summed E-state index contributed by atoms with van der Waals surface area (Å²) in [6, 6.07) is 17.2. The molecule has 7 heteroatoms. The van der Waals surface area contributed by atoms with Gasteiger partial charge in [-0.15, -0.1) is 9.00 Å². The number of fused-ring (bicyclic) bond motifs is 1. The summed E-state index contributed by atoms with van der Waals surface area (Å²) in [4.78, 5) is 9.39. The normalized spacial score (nSPS) is 12.0. The van der Waals surface area contributed by atoms with Gasteiger partial charge in [0.15, 0.2) is 0 Å². The smallest absolute Gasteiger partial charge is 0.337 e. The van der Waals surface area contributed by atoms with Crippen LogP contribution in [0.1, 0.15) is 0 Å². The molecule has 0 saturated heterocycles. The van der Waals surface area contributed by atoms with Gasteiger partial charge in [-0.05, 0) is 24.3 Å². The highest BCUT2D eigenvalue weighted by Crippen LogP contribution is 2.28. The van der Waals surface area contributed by atoms with E-state index in [0.717, 1.165) is 11.3 Å². The lowest BCUT2D eigenvalue weighted by Gasteiger charge is -2.02. The van der Waals surface area contributed by atoms with Crippen molar-refractivity contribution in [2.24, 2.45) is 4.99 Å². The Morgan fingerprint density at radius 3 is 2.65 bits per heavy atom. The fourth-order valence-corrected chi connectivity index (χ4v) is 2.86. The number of nitrogens with zero attached hydrogens (tertiary/aromatic N) is 4. The molecule has 114 valence electrons. The van der Waals surface area contributed by atoms with Crippen molar-refractivity contribution >= 4 is 23.1 Å². The minimum Gasteiger partial charge on any atom is -0.496 e. The molecule has 0 amide bonds. The topological polar surface area (TPSA) is 64.9 Å². The summed E-state index contributed by atoms with van der Waals surface area (Å²) in [7, 11) is 1.62. The van der Waals surface area contributed by atoms with E-state index in [1.807, 2.05) is 54.6 Å². The van der Waals surface area contributed by atoms with Crippen LogP contribution in [-0.4, -0.2) is 21.1 Å². The number of ether oxygens (including phenoxy) is 1. The average Bonchev–Trinajstić information content (AvgIpc) is 3.14. The zero-order valence-electron chi connectivity index (χ0n) is 12.2. The van der Waals surface area contributed by atoms with E-state index in [1.54, 1.807) is 11.0 Å². The van der Waals surface area contributed by atoms with E-state index in [4.69, 9.17) is 9.15 Å². The Morgan fingerprint density at radius 2 is 1.87 bits per heavy atom. The van der Waals surface area contributed by atoms with Crippen LogP contribution in [-0.2, 0) is 0 Å². The summed E-state index contributed by atoms with van der Waals surface area (Å²) in [6.07, 6.45) is 0. The van der Waals surface area contributed by atoms with Crippen molar-refractivity contribution < 1.29 is 9.15 Å². The van der Waals surface area contributed by atoms with Crippen LogP contribution in [0.3, 0.4) is 0 Å². The SMILES string of the molecule is COc1ccccc1-c1nn2sc(=Nc3ccccc3)nc2o1. The first-order chi connectivity index (χ1) is 11.3. The fourth-order valence-electron chi connectivity index (χ4n) is 2.16. The first-order valence-electron chi connectivity index (χ1n) is 6.94. The monoisotopic (exact) mass is 324 g/mol. The molecule has 0 bridgehead atoms. The van der Waals surface area contributed by atoms with E-state index >= 15 is 0 Å². The van der Waals surface area contributed by atoms with Crippen LogP contribution in [0.5, 0.6) is 5.75 Å². The lowest BCUT2D eigenvalue weighted by Crippen LogP contribution is -1.95. The van der Waals surface area contributed by atoms with E-state index in [9.17, 15) is 0 Å². The maximum atomic E-state index is 5.73. The van der Waals surface area contributed by atoms with Gasteiger partial charge in [0.2, 0.25) is 4.80 Å². The molecule has 2 aromatic carbocycles. The van der Waals surface area contributed by atoms with Crippen molar-refractivity contribution in [1.82, 2.24) is 14.0 Å². The second kappa shape index (κ2) is 5.69. The fraction of sp³-hybridized carbons (Fsp3) is 0.0625. The third kappa shape index (κ3) is 2.62. The molecule has 0 N–H and O–H groups in total. The van der Waals surface area contributed by atoms with Gasteiger partial charge in [-0.3, -0.25) is 0 Å². The van der Waals surface area contributed by atoms with Crippen molar-refractivity contribution in [3.05, 3.63) is 59.4 Å². The average molecular weight is 324 g/mol. The third-order valence-electron chi connectivity index (χ3n) is 3.21. The molecule has 0 aliphatic rings. The number of hydrogen-bond donors (Lipinski definition) is 0. The molecular weight excluding hydrogens is 312 g/mol. The molecule has 0 aliphatic heterocycles. The van der Waals surface area contributed by atoms with Crippen molar-refractivity contribution in [1.29, 1.82) is 0 Å². The molecule has 0 unspecified atom stereocenters. The Bertz CT molecular complexity index is 983. The highest BCUT2D eigenvalue weighted by atomic mass is 32.1. The molecule has 0 atom stereocenters. The van der Waals surface area contributed by atoms with Crippen LogP contribution < -0.4 is 9.54 Å². The van der Waals surface area contributed by atoms with Crippen LogP contribution in [0.25, 0.3) is 17.3 Å². The van der Waals surface area contributed by atoms with Gasteiger partial charge in [0.05, 0.1) is 18.4 Å². The van der Waals surface area contributed by atoms with Crippen LogP contribution in [0, 0.1) is 0 Å². The van der Waals surface area contributed by atoms with Crippen molar-refractivity contribution in [2.75, 3.05) is 7.11 Å². The lowest BCUT2D eigenvalue weighted by atomic mass is 10.2. The number of rotatable bonds is 3. The Morgan fingerprint density at radius 1 is 1.09 bits per heavy atom. The second-order valence-electron chi connectivity index (χ2n) is 4.70. The minimum absolute atomic E-state index is 0.408. The Balaban J connectivity index is 1.77. The molecule has 0 radical (unpaired) electrons. The maximum Gasteiger partial charge on any atom is 0.337 e. The molecule has 0 saturated carbocycles. The predicted octanol–water partition coefficient (Wildman–Crippen LogP) is 3.29. The van der Waals surface area contributed by atoms with Gasteiger partial charge in [0.1, 0.15) is 5.75 Å². The Labute approximate surface area is 135 Å². The zero-order chi connectivity index (χ0) is 15.6. The first-order valence-corrected chi connectivity index (χ1v) is 7.71. The van der Waals surface area contributed by atoms with E-state index in [2.05, 4.69) is 15.1 Å². The number of hydrogen-bond acceptors (Lipinski definition) is 6. The van der Waals surface area contributed by atoms with Crippen LogP contribution >= 0.6 is 11.5 Å². The number of methoxy groups -OCH3 is 1. The van der Waals surface area contributed by atoms with Crippen molar-refractivity contribution in [3.63, 3.8) is 0 Å². The van der Waals surface area contributed by atoms with Gasteiger partial charge in [-0.1, -0.05) is 30.3 Å². The summed E-state index contributed by atoms with van der Waals surface area (Å²) in [6.45, 7) is 0. The number of benzene rings is 2. The van der Waals surface area contributed by atoms with E-state index in [-0.39, 0.29) is 0 Å². The third-order valence-corrected chi connectivity index (χ3v) is 3.97. The van der Waals surface area contributed by atoms with Gasteiger partial charge in [0, 0.05) is 11.5 Å². The van der Waals surface area contributed by atoms with Crippen LogP contribution in [0.2, 0.25) is 0 Å². The number of aromatic nitrogens is 3. The summed E-state index contributed by atoms with van der Waals surface area (Å²) in [5.74, 6) is 1.58. The van der Waals surface area contributed by atoms with Gasteiger partial charge in [-0.25, -0.2) is 4.99 Å². The zero-order valence-corrected chi connectivity index (χ0v) is 13.0. The van der Waals surface area contributed by atoms with E-state index in [1.165, 1.54) is 11.5 Å². The summed E-state index contributed by atoms with van der Waals surface area (Å²) in [5, 5.41) is 4.42. The quantitative estimate of drug-likeness (QED) is 0.580. The summed E-state index contributed by atoms with van der Waals surface area (Å²) in [5.41, 5.74) is 1.63. The molecule has 2 aromatic heterocycles. The molecule has 4 rings (SSSR count). The predicted molar refractivity (Wildman–Crippen MR) is 86.8 cm³/mol. The second-order valence-corrected chi connectivity index (χ2v) is 5.59. The van der Waals surface area contributed by atoms with Crippen molar-refractivity contribution in [2.45, 2.75) is 0 Å². The molecule has 0 aliphatic carbocycles. The summed E-state index contributed by atoms with van der Waals surface area (Å²) >= 11 is 1.31. The molecule has 23 heavy (non-hydrogen) atoms. The minimum atomic E-state index is 0.408. The highest BCUT2D eigenvalue weighted by Gasteiger charge is 2.14. The Kier molecular flexibility index (Phi) is 3.39. The standard InChI is InChI=1S/C16H12N4O2S/c1-21-13-10-6-5-9-12(13)14-19-20-16(22-14)18-15(23-20)17-11-7-3-2-4-8-11/h2-10H,1H3. The van der Waals surface area contributed by atoms with Crippen molar-refractivity contribution in [3.8, 4) is 17.2 Å². The van der Waals surface area contributed by atoms with Gasteiger partial charge in [-0.2, -0.15) is 4.98 Å². The molecule has 6 nitrogen and oxygen atoms in total. The van der Waals surface area contributed by atoms with Crippen LogP contribution in [0.15, 0.2) is 64.0 Å². The molecule has 4 aromatic rings. The van der Waals surface area contributed by atoms with E-state index < -0.39 is 0 Å². The maximum absolute atomic E-state index is 5.73. The van der Waals surface area contributed by atoms with Crippen LogP contribution in [0.4, 0.5) is 5.69 Å². The van der Waals surface area contributed by atoms with Gasteiger partial charge >= 0.3 is 5.84 Å².